The van der Waals surface area contributed by atoms with E-state index in [1.165, 1.54) is 23.1 Å². The number of hydrogen-bond donors (Lipinski definition) is 2. The van der Waals surface area contributed by atoms with Crippen molar-refractivity contribution < 1.29 is 14.3 Å². The number of aryl methyl sites for hydroxylation is 1. The second kappa shape index (κ2) is 13.8. The zero-order valence-corrected chi connectivity index (χ0v) is 24.7. The quantitative estimate of drug-likeness (QED) is 0.118. The molecule has 0 spiro atoms. The fourth-order valence-electron chi connectivity index (χ4n) is 4.04. The fourth-order valence-corrected chi connectivity index (χ4v) is 5.05. The number of carbonyl (C=O) groups excluding carboxylic acids is 1. The number of amides is 1. The standard InChI is InChI=1S/C33H29ClN4O3S/c1-3-40-30-18-24(17-28(34)31(30)41-20-23-11-9-22(2)10-12-23)19-35-38-32(39)26-15-13-25(14-16-26)29-21-42-33(37-29)36-27-7-5-4-6-8-27/h4-19,21H,3,20H2,1-2H3,(H,36,37)(H,38,39)/b35-19-. The molecule has 0 unspecified atom stereocenters. The maximum atomic E-state index is 12.7. The summed E-state index contributed by atoms with van der Waals surface area (Å²) in [6.45, 7) is 4.73. The van der Waals surface area contributed by atoms with Gasteiger partial charge in [0.05, 0.1) is 23.5 Å². The highest BCUT2D eigenvalue weighted by Crippen LogP contribution is 2.37. The van der Waals surface area contributed by atoms with Gasteiger partial charge in [0.15, 0.2) is 16.6 Å². The van der Waals surface area contributed by atoms with Gasteiger partial charge in [-0.25, -0.2) is 10.4 Å². The van der Waals surface area contributed by atoms with E-state index in [2.05, 4.69) is 20.8 Å². The minimum Gasteiger partial charge on any atom is -0.490 e. The van der Waals surface area contributed by atoms with Crippen LogP contribution in [-0.4, -0.2) is 23.7 Å². The SMILES string of the molecule is CCOc1cc(/C=N\NC(=O)c2ccc(-c3csc(Nc4ccccc4)n3)cc2)cc(Cl)c1OCc1ccc(C)cc1. The first-order valence-electron chi connectivity index (χ1n) is 13.3. The van der Waals surface area contributed by atoms with Crippen molar-refractivity contribution in [2.75, 3.05) is 11.9 Å². The van der Waals surface area contributed by atoms with E-state index in [0.717, 1.165) is 27.6 Å². The molecule has 42 heavy (non-hydrogen) atoms. The molecule has 7 nitrogen and oxygen atoms in total. The number of nitrogens with zero attached hydrogens (tertiary/aromatic N) is 2. The molecule has 212 valence electrons. The van der Waals surface area contributed by atoms with Crippen LogP contribution in [0.3, 0.4) is 0 Å². The van der Waals surface area contributed by atoms with E-state index >= 15 is 0 Å². The average molecular weight is 597 g/mol. The Morgan fingerprint density at radius 2 is 1.76 bits per heavy atom. The number of benzene rings is 4. The van der Waals surface area contributed by atoms with Gasteiger partial charge in [0.2, 0.25) is 0 Å². The highest BCUT2D eigenvalue weighted by Gasteiger charge is 2.13. The molecule has 0 fully saturated rings. The van der Waals surface area contributed by atoms with Crippen LogP contribution in [0.1, 0.15) is 34.0 Å². The maximum absolute atomic E-state index is 12.7. The summed E-state index contributed by atoms with van der Waals surface area (Å²) in [7, 11) is 0. The molecule has 9 heteroatoms. The van der Waals surface area contributed by atoms with E-state index < -0.39 is 0 Å². The Hall–Kier alpha value is -4.66. The minimum atomic E-state index is -0.336. The third-order valence-corrected chi connectivity index (χ3v) is 7.23. The predicted molar refractivity (Wildman–Crippen MR) is 170 cm³/mol. The summed E-state index contributed by atoms with van der Waals surface area (Å²) in [5.74, 6) is 0.629. The Bertz CT molecular complexity index is 1670. The van der Waals surface area contributed by atoms with Crippen LogP contribution in [0.15, 0.2) is 101 Å². The van der Waals surface area contributed by atoms with E-state index in [0.29, 0.717) is 40.9 Å². The van der Waals surface area contributed by atoms with Crippen molar-refractivity contribution in [3.8, 4) is 22.8 Å². The monoisotopic (exact) mass is 596 g/mol. The average Bonchev–Trinajstić information content (AvgIpc) is 3.47. The van der Waals surface area contributed by atoms with Gasteiger partial charge in [0, 0.05) is 22.2 Å². The third-order valence-electron chi connectivity index (χ3n) is 6.19. The molecule has 1 amide bonds. The number of nitrogens with one attached hydrogen (secondary N) is 2. The number of hydrogen-bond acceptors (Lipinski definition) is 7. The number of para-hydroxylation sites is 1. The molecule has 0 saturated heterocycles. The topological polar surface area (TPSA) is 84.8 Å². The lowest BCUT2D eigenvalue weighted by Gasteiger charge is -2.14. The number of anilines is 2. The van der Waals surface area contributed by atoms with Gasteiger partial charge in [-0.15, -0.1) is 11.3 Å². The Morgan fingerprint density at radius 3 is 2.50 bits per heavy atom. The van der Waals surface area contributed by atoms with Gasteiger partial charge >= 0.3 is 0 Å². The lowest BCUT2D eigenvalue weighted by atomic mass is 10.1. The molecular formula is C33H29ClN4O3S. The van der Waals surface area contributed by atoms with E-state index in [1.54, 1.807) is 24.3 Å². The number of thiazole rings is 1. The molecule has 4 aromatic carbocycles. The summed E-state index contributed by atoms with van der Waals surface area (Å²) in [5.41, 5.74) is 8.62. The summed E-state index contributed by atoms with van der Waals surface area (Å²) in [4.78, 5) is 17.4. The summed E-state index contributed by atoms with van der Waals surface area (Å²) < 4.78 is 11.8. The van der Waals surface area contributed by atoms with Gasteiger partial charge < -0.3 is 14.8 Å². The molecule has 0 bridgehead atoms. The number of aromatic nitrogens is 1. The van der Waals surface area contributed by atoms with Crippen molar-refractivity contribution in [3.63, 3.8) is 0 Å². The first kappa shape index (κ1) is 28.9. The fraction of sp³-hybridized carbons (Fsp3) is 0.121. The van der Waals surface area contributed by atoms with Crippen LogP contribution in [0.25, 0.3) is 11.3 Å². The summed E-state index contributed by atoms with van der Waals surface area (Å²) in [5, 5.41) is 10.6. The van der Waals surface area contributed by atoms with Gasteiger partial charge in [0.1, 0.15) is 6.61 Å². The normalized spacial score (nSPS) is 10.9. The van der Waals surface area contributed by atoms with Gasteiger partial charge in [-0.2, -0.15) is 5.10 Å². The van der Waals surface area contributed by atoms with E-state index in [1.807, 2.05) is 86.0 Å². The van der Waals surface area contributed by atoms with Crippen LogP contribution < -0.4 is 20.2 Å². The van der Waals surface area contributed by atoms with Crippen LogP contribution in [0, 0.1) is 6.92 Å². The molecule has 1 heterocycles. The van der Waals surface area contributed by atoms with Gasteiger partial charge in [-0.3, -0.25) is 4.79 Å². The van der Waals surface area contributed by atoms with Crippen LogP contribution in [0.5, 0.6) is 11.5 Å². The predicted octanol–water partition coefficient (Wildman–Crippen LogP) is 8.26. The largest absolute Gasteiger partial charge is 0.490 e. The van der Waals surface area contributed by atoms with Crippen LogP contribution >= 0.6 is 22.9 Å². The summed E-state index contributed by atoms with van der Waals surface area (Å²) >= 11 is 8.06. The first-order valence-corrected chi connectivity index (χ1v) is 14.6. The third kappa shape index (κ3) is 7.54. The van der Waals surface area contributed by atoms with E-state index in [4.69, 9.17) is 21.1 Å². The molecule has 0 aliphatic heterocycles. The number of hydrazone groups is 1. The van der Waals surface area contributed by atoms with Crippen molar-refractivity contribution in [1.29, 1.82) is 0 Å². The molecule has 2 N–H and O–H groups in total. The Morgan fingerprint density at radius 1 is 1.00 bits per heavy atom. The van der Waals surface area contributed by atoms with Crippen LogP contribution in [-0.2, 0) is 6.61 Å². The molecule has 0 aliphatic rings. The van der Waals surface area contributed by atoms with E-state index in [-0.39, 0.29) is 5.91 Å². The number of halogens is 1. The number of ether oxygens (including phenoxy) is 2. The summed E-state index contributed by atoms with van der Waals surface area (Å²) in [6, 6.07) is 28.7. The second-order valence-corrected chi connectivity index (χ2v) is 10.6. The van der Waals surface area contributed by atoms with Crippen molar-refractivity contribution in [2.45, 2.75) is 20.5 Å². The molecule has 5 rings (SSSR count). The lowest BCUT2D eigenvalue weighted by Crippen LogP contribution is -2.17. The Kier molecular flexibility index (Phi) is 9.48. The van der Waals surface area contributed by atoms with Crippen molar-refractivity contribution in [2.24, 2.45) is 5.10 Å². The number of carbonyl (C=O) groups is 1. The van der Waals surface area contributed by atoms with Crippen molar-refractivity contribution in [1.82, 2.24) is 10.4 Å². The van der Waals surface area contributed by atoms with Gasteiger partial charge in [-0.1, -0.05) is 71.8 Å². The van der Waals surface area contributed by atoms with Gasteiger partial charge in [0.25, 0.3) is 5.91 Å². The zero-order valence-electron chi connectivity index (χ0n) is 23.1. The first-order chi connectivity index (χ1) is 20.5. The van der Waals surface area contributed by atoms with E-state index in [9.17, 15) is 4.79 Å². The molecular weight excluding hydrogens is 568 g/mol. The Balaban J connectivity index is 1.20. The highest BCUT2D eigenvalue weighted by molar-refractivity contribution is 7.14. The summed E-state index contributed by atoms with van der Waals surface area (Å²) in [6.07, 6.45) is 1.51. The molecule has 0 radical (unpaired) electrons. The zero-order chi connectivity index (χ0) is 29.3. The van der Waals surface area contributed by atoms with Gasteiger partial charge in [-0.05, 0) is 61.4 Å². The van der Waals surface area contributed by atoms with Crippen LogP contribution in [0.2, 0.25) is 5.02 Å². The van der Waals surface area contributed by atoms with Crippen LogP contribution in [0.4, 0.5) is 10.8 Å². The Labute approximate surface area is 253 Å². The maximum Gasteiger partial charge on any atom is 0.271 e. The molecule has 0 aliphatic carbocycles. The highest BCUT2D eigenvalue weighted by atomic mass is 35.5. The molecule has 5 aromatic rings. The number of rotatable bonds is 11. The second-order valence-electron chi connectivity index (χ2n) is 9.34. The minimum absolute atomic E-state index is 0.336. The lowest BCUT2D eigenvalue weighted by molar-refractivity contribution is 0.0955. The smallest absolute Gasteiger partial charge is 0.271 e. The molecule has 1 aromatic heterocycles. The molecule has 0 saturated carbocycles. The van der Waals surface area contributed by atoms with Crippen molar-refractivity contribution >= 4 is 45.9 Å². The molecule has 0 atom stereocenters. The van der Waals surface area contributed by atoms with Crippen molar-refractivity contribution in [3.05, 3.63) is 124 Å².